The number of halogens is 2. The molecule has 0 saturated carbocycles. The Hall–Kier alpha value is -4.86. The number of rotatable bonds is 8. The van der Waals surface area contributed by atoms with E-state index in [1.165, 1.54) is 47.5 Å². The fourth-order valence-electron chi connectivity index (χ4n) is 3.57. The second-order valence-electron chi connectivity index (χ2n) is 7.91. The van der Waals surface area contributed by atoms with Gasteiger partial charge in [-0.1, -0.05) is 36.4 Å². The summed E-state index contributed by atoms with van der Waals surface area (Å²) < 4.78 is 35.2. The van der Waals surface area contributed by atoms with Gasteiger partial charge in [0.1, 0.15) is 31.1 Å². The lowest BCUT2D eigenvalue weighted by Gasteiger charge is -2.11. The standard InChI is InChI=1S/C26H20F2N6O2/c27-18-7-4-8-19(9-18)32-25(35)14-34-13-20(12-31-34)33-26-21-10-22(28)24(11-23(21)29-16-30-26)36-15-17-5-2-1-3-6-17/h1-13,16H,14-15H2,(H,32,35)(H,29,30,33). The predicted octanol–water partition coefficient (Wildman–Crippen LogP) is 5.07. The molecule has 0 aliphatic rings. The Morgan fingerprint density at radius 3 is 2.67 bits per heavy atom. The van der Waals surface area contributed by atoms with Crippen molar-refractivity contribution in [2.75, 3.05) is 10.6 Å². The topological polar surface area (TPSA) is 94.0 Å². The zero-order valence-electron chi connectivity index (χ0n) is 18.9. The average Bonchev–Trinajstić information content (AvgIpc) is 3.30. The second kappa shape index (κ2) is 10.2. The molecule has 2 N–H and O–H groups in total. The van der Waals surface area contributed by atoms with Crippen molar-refractivity contribution in [1.82, 2.24) is 19.7 Å². The van der Waals surface area contributed by atoms with Crippen LogP contribution in [0.25, 0.3) is 10.9 Å². The van der Waals surface area contributed by atoms with E-state index < -0.39 is 11.6 Å². The molecule has 0 saturated heterocycles. The minimum Gasteiger partial charge on any atom is -0.486 e. The van der Waals surface area contributed by atoms with Gasteiger partial charge in [-0.3, -0.25) is 9.48 Å². The van der Waals surface area contributed by atoms with E-state index in [2.05, 4.69) is 25.7 Å². The Morgan fingerprint density at radius 2 is 1.83 bits per heavy atom. The van der Waals surface area contributed by atoms with Crippen molar-refractivity contribution in [3.63, 3.8) is 0 Å². The third-order valence-corrected chi connectivity index (χ3v) is 5.24. The van der Waals surface area contributed by atoms with Crippen molar-refractivity contribution < 1.29 is 18.3 Å². The Kier molecular flexibility index (Phi) is 6.48. The molecule has 8 nitrogen and oxygen atoms in total. The van der Waals surface area contributed by atoms with Crippen LogP contribution < -0.4 is 15.4 Å². The van der Waals surface area contributed by atoms with E-state index >= 15 is 0 Å². The van der Waals surface area contributed by atoms with E-state index in [1.54, 1.807) is 12.3 Å². The van der Waals surface area contributed by atoms with Gasteiger partial charge in [-0.25, -0.2) is 18.7 Å². The minimum atomic E-state index is -0.541. The molecule has 0 bridgehead atoms. The van der Waals surface area contributed by atoms with Gasteiger partial charge in [0.25, 0.3) is 0 Å². The van der Waals surface area contributed by atoms with Gasteiger partial charge in [0.2, 0.25) is 5.91 Å². The van der Waals surface area contributed by atoms with Gasteiger partial charge in [-0.05, 0) is 29.8 Å². The number of fused-ring (bicyclic) bond motifs is 1. The molecule has 0 aliphatic carbocycles. The van der Waals surface area contributed by atoms with Gasteiger partial charge in [-0.15, -0.1) is 0 Å². The lowest BCUT2D eigenvalue weighted by molar-refractivity contribution is -0.116. The maximum Gasteiger partial charge on any atom is 0.246 e. The van der Waals surface area contributed by atoms with E-state index in [4.69, 9.17) is 4.74 Å². The fraction of sp³-hybridized carbons (Fsp3) is 0.0769. The molecule has 0 fully saturated rings. The summed E-state index contributed by atoms with van der Waals surface area (Å²) in [7, 11) is 0. The highest BCUT2D eigenvalue weighted by atomic mass is 19.1. The SMILES string of the molecule is O=C(Cn1cc(Nc2ncnc3cc(OCc4ccccc4)c(F)cc23)cn1)Nc1cccc(F)c1. The molecule has 10 heteroatoms. The number of aromatic nitrogens is 4. The molecular weight excluding hydrogens is 466 g/mol. The summed E-state index contributed by atoms with van der Waals surface area (Å²) in [5.74, 6) is -0.888. The molecule has 5 rings (SSSR count). The molecule has 0 spiro atoms. The summed E-state index contributed by atoms with van der Waals surface area (Å²) >= 11 is 0. The Morgan fingerprint density at radius 1 is 0.972 bits per heavy atom. The quantitative estimate of drug-likeness (QED) is 0.318. The third-order valence-electron chi connectivity index (χ3n) is 5.24. The maximum absolute atomic E-state index is 14.8. The third kappa shape index (κ3) is 5.44. The van der Waals surface area contributed by atoms with Crippen molar-refractivity contribution in [2.24, 2.45) is 0 Å². The Bertz CT molecular complexity index is 1520. The molecule has 2 aromatic heterocycles. The van der Waals surface area contributed by atoms with Crippen LogP contribution in [0.5, 0.6) is 5.75 Å². The molecule has 36 heavy (non-hydrogen) atoms. The number of amides is 1. The van der Waals surface area contributed by atoms with Crippen LogP contribution >= 0.6 is 0 Å². The van der Waals surface area contributed by atoms with Gasteiger partial charge in [-0.2, -0.15) is 5.10 Å². The summed E-state index contributed by atoms with van der Waals surface area (Å²) in [4.78, 5) is 20.7. The van der Waals surface area contributed by atoms with Crippen LogP contribution in [0, 0.1) is 11.6 Å². The van der Waals surface area contributed by atoms with Crippen LogP contribution in [0.4, 0.5) is 26.0 Å². The number of nitrogens with one attached hydrogen (secondary N) is 2. The number of benzene rings is 3. The number of hydrogen-bond acceptors (Lipinski definition) is 6. The maximum atomic E-state index is 14.8. The molecule has 0 unspecified atom stereocenters. The molecule has 2 heterocycles. The number of carbonyl (C=O) groups excluding carboxylic acids is 1. The highest BCUT2D eigenvalue weighted by Crippen LogP contribution is 2.29. The Labute approximate surface area is 204 Å². The normalized spacial score (nSPS) is 10.8. The number of anilines is 3. The smallest absolute Gasteiger partial charge is 0.246 e. The van der Waals surface area contributed by atoms with Crippen molar-refractivity contribution in [2.45, 2.75) is 13.2 Å². The summed E-state index contributed by atoms with van der Waals surface area (Å²) in [6.07, 6.45) is 4.48. The fourth-order valence-corrected chi connectivity index (χ4v) is 3.57. The first-order valence-corrected chi connectivity index (χ1v) is 11.0. The first-order chi connectivity index (χ1) is 17.5. The summed E-state index contributed by atoms with van der Waals surface area (Å²) in [6, 6.07) is 17.9. The molecule has 1 amide bonds. The lowest BCUT2D eigenvalue weighted by Crippen LogP contribution is -2.19. The monoisotopic (exact) mass is 486 g/mol. The van der Waals surface area contributed by atoms with Gasteiger partial charge < -0.3 is 15.4 Å². The molecule has 5 aromatic rings. The van der Waals surface area contributed by atoms with Crippen LogP contribution in [0.1, 0.15) is 5.56 Å². The van der Waals surface area contributed by atoms with E-state index in [-0.39, 0.29) is 24.8 Å². The summed E-state index contributed by atoms with van der Waals surface area (Å²) in [5.41, 5.74) is 2.31. The Balaban J connectivity index is 1.27. The molecule has 180 valence electrons. The first-order valence-electron chi connectivity index (χ1n) is 11.0. The van der Waals surface area contributed by atoms with E-state index in [0.717, 1.165) is 5.56 Å². The lowest BCUT2D eigenvalue weighted by atomic mass is 10.2. The average molecular weight is 486 g/mol. The van der Waals surface area contributed by atoms with Crippen molar-refractivity contribution >= 4 is 34.0 Å². The number of nitrogens with zero attached hydrogens (tertiary/aromatic N) is 4. The van der Waals surface area contributed by atoms with Crippen molar-refractivity contribution in [1.29, 1.82) is 0 Å². The summed E-state index contributed by atoms with van der Waals surface area (Å²) in [5, 5.41) is 10.3. The van der Waals surface area contributed by atoms with E-state index in [0.29, 0.717) is 28.1 Å². The van der Waals surface area contributed by atoms with Crippen molar-refractivity contribution in [3.05, 3.63) is 103 Å². The summed E-state index contributed by atoms with van der Waals surface area (Å²) in [6.45, 7) is 0.144. The predicted molar refractivity (Wildman–Crippen MR) is 131 cm³/mol. The zero-order chi connectivity index (χ0) is 24.9. The zero-order valence-corrected chi connectivity index (χ0v) is 18.9. The van der Waals surface area contributed by atoms with Crippen LogP contribution in [-0.2, 0) is 17.9 Å². The van der Waals surface area contributed by atoms with Crippen LogP contribution in [0.3, 0.4) is 0 Å². The number of carbonyl (C=O) groups is 1. The van der Waals surface area contributed by atoms with Gasteiger partial charge in [0.05, 0.1) is 17.4 Å². The van der Waals surface area contributed by atoms with E-state index in [1.807, 2.05) is 30.3 Å². The van der Waals surface area contributed by atoms with Crippen LogP contribution in [0.15, 0.2) is 85.5 Å². The van der Waals surface area contributed by atoms with Gasteiger partial charge in [0, 0.05) is 23.3 Å². The molecule has 0 radical (unpaired) electrons. The second-order valence-corrected chi connectivity index (χ2v) is 7.91. The molecule has 0 atom stereocenters. The first kappa shape index (κ1) is 22.9. The highest BCUT2D eigenvalue weighted by molar-refractivity contribution is 5.92. The molecule has 0 aliphatic heterocycles. The highest BCUT2D eigenvalue weighted by Gasteiger charge is 2.13. The van der Waals surface area contributed by atoms with E-state index in [9.17, 15) is 13.6 Å². The van der Waals surface area contributed by atoms with Crippen molar-refractivity contribution in [3.8, 4) is 5.75 Å². The molecular formula is C26H20F2N6O2. The van der Waals surface area contributed by atoms with Gasteiger partial charge in [0.15, 0.2) is 11.6 Å². The number of hydrogen-bond donors (Lipinski definition) is 2. The number of ether oxygens (including phenoxy) is 1. The van der Waals surface area contributed by atoms with Crippen LogP contribution in [-0.4, -0.2) is 25.7 Å². The van der Waals surface area contributed by atoms with Gasteiger partial charge >= 0.3 is 0 Å². The minimum absolute atomic E-state index is 0.0839. The van der Waals surface area contributed by atoms with Crippen LogP contribution in [0.2, 0.25) is 0 Å². The largest absolute Gasteiger partial charge is 0.486 e. The molecule has 3 aromatic carbocycles.